The Morgan fingerprint density at radius 1 is 1.50 bits per heavy atom. The second kappa shape index (κ2) is 6.77. The van der Waals surface area contributed by atoms with Crippen molar-refractivity contribution in [3.05, 3.63) is 52.9 Å². The fourth-order valence-electron chi connectivity index (χ4n) is 1.48. The Morgan fingerprint density at radius 2 is 2.35 bits per heavy atom. The summed E-state index contributed by atoms with van der Waals surface area (Å²) >= 11 is 5.83. The molecule has 0 aliphatic heterocycles. The van der Waals surface area contributed by atoms with Gasteiger partial charge < -0.3 is 9.15 Å². The van der Waals surface area contributed by atoms with Crippen LogP contribution in [0.15, 0.2) is 46.1 Å². The molecule has 0 bridgehead atoms. The average Bonchev–Trinajstić information content (AvgIpc) is 2.91. The van der Waals surface area contributed by atoms with E-state index < -0.39 is 0 Å². The fourth-order valence-corrected chi connectivity index (χ4v) is 1.71. The van der Waals surface area contributed by atoms with Gasteiger partial charge in [-0.3, -0.25) is 4.79 Å². The van der Waals surface area contributed by atoms with Crippen molar-refractivity contribution in [1.82, 2.24) is 5.43 Å². The number of rotatable bonds is 5. The minimum Gasteiger partial charge on any atom is -0.483 e. The zero-order valence-corrected chi connectivity index (χ0v) is 11.6. The van der Waals surface area contributed by atoms with Gasteiger partial charge in [-0.25, -0.2) is 5.43 Å². The fraction of sp³-hybridized carbons (Fsp3) is 0.143. The summed E-state index contributed by atoms with van der Waals surface area (Å²) in [6, 6.07) is 8.65. The maximum Gasteiger partial charge on any atom is 0.277 e. The van der Waals surface area contributed by atoms with E-state index in [4.69, 9.17) is 20.8 Å². The number of hydrazone groups is 1. The first-order valence-corrected chi connectivity index (χ1v) is 6.27. The number of halogens is 1. The van der Waals surface area contributed by atoms with Crippen molar-refractivity contribution in [3.8, 4) is 5.75 Å². The minimum absolute atomic E-state index is 0.127. The predicted octanol–water partition coefficient (Wildman–Crippen LogP) is 2.77. The molecule has 2 rings (SSSR count). The van der Waals surface area contributed by atoms with Gasteiger partial charge in [0, 0.05) is 5.02 Å². The minimum atomic E-state index is -0.359. The number of hydrogen-bond donors (Lipinski definition) is 1. The van der Waals surface area contributed by atoms with E-state index in [1.807, 2.05) is 6.92 Å². The van der Waals surface area contributed by atoms with Gasteiger partial charge in [0.15, 0.2) is 6.61 Å². The van der Waals surface area contributed by atoms with Crippen molar-refractivity contribution < 1.29 is 13.9 Å². The zero-order chi connectivity index (χ0) is 14.4. The highest BCUT2D eigenvalue weighted by Gasteiger charge is 2.04. The molecule has 1 heterocycles. The van der Waals surface area contributed by atoms with Crippen molar-refractivity contribution in [2.45, 2.75) is 6.92 Å². The molecule has 6 heteroatoms. The number of nitrogens with one attached hydrogen (secondary N) is 1. The number of aryl methyl sites for hydroxylation is 1. The molecule has 0 saturated heterocycles. The third-order valence-corrected chi connectivity index (χ3v) is 2.66. The molecule has 1 aromatic carbocycles. The summed E-state index contributed by atoms with van der Waals surface area (Å²) in [6.07, 6.45) is 2.93. The predicted molar refractivity (Wildman–Crippen MR) is 76.1 cm³/mol. The smallest absolute Gasteiger partial charge is 0.277 e. The first-order valence-electron chi connectivity index (χ1n) is 5.89. The Bertz CT molecular complexity index is 609. The average molecular weight is 293 g/mol. The Kier molecular flexibility index (Phi) is 4.79. The quantitative estimate of drug-likeness (QED) is 0.681. The number of carbonyl (C=O) groups is 1. The van der Waals surface area contributed by atoms with E-state index in [0.29, 0.717) is 16.5 Å². The van der Waals surface area contributed by atoms with E-state index in [2.05, 4.69) is 10.5 Å². The Balaban J connectivity index is 1.80. The van der Waals surface area contributed by atoms with Crippen LogP contribution in [0.25, 0.3) is 0 Å². The Morgan fingerprint density at radius 3 is 3.05 bits per heavy atom. The molecule has 20 heavy (non-hydrogen) atoms. The summed E-state index contributed by atoms with van der Waals surface area (Å²) in [4.78, 5) is 11.5. The molecule has 1 aromatic heterocycles. The molecule has 0 fully saturated rings. The summed E-state index contributed by atoms with van der Waals surface area (Å²) in [5.74, 6) is 0.807. The maximum absolute atomic E-state index is 11.5. The highest BCUT2D eigenvalue weighted by atomic mass is 35.5. The lowest BCUT2D eigenvalue weighted by atomic mass is 10.2. The van der Waals surface area contributed by atoms with Crippen LogP contribution in [-0.4, -0.2) is 18.7 Å². The van der Waals surface area contributed by atoms with Crippen LogP contribution in [0.5, 0.6) is 5.75 Å². The van der Waals surface area contributed by atoms with Crippen LogP contribution in [-0.2, 0) is 4.79 Å². The van der Waals surface area contributed by atoms with Crippen LogP contribution in [0.1, 0.15) is 11.3 Å². The first-order chi connectivity index (χ1) is 9.65. The standard InChI is InChI=1S/C14H13ClN2O3/c1-10-7-11(15)4-5-13(10)20-9-14(18)17-16-8-12-3-2-6-19-12/h2-8H,9H2,1H3,(H,17,18). The second-order valence-corrected chi connectivity index (χ2v) is 4.44. The van der Waals surface area contributed by atoms with Crippen LogP contribution in [0.3, 0.4) is 0 Å². The lowest BCUT2D eigenvalue weighted by Gasteiger charge is -2.08. The third-order valence-electron chi connectivity index (χ3n) is 2.42. The van der Waals surface area contributed by atoms with Gasteiger partial charge in [-0.05, 0) is 42.8 Å². The molecular weight excluding hydrogens is 280 g/mol. The van der Waals surface area contributed by atoms with Crippen molar-refractivity contribution in [1.29, 1.82) is 0 Å². The monoisotopic (exact) mass is 292 g/mol. The Hall–Kier alpha value is -2.27. The molecule has 104 valence electrons. The molecule has 0 atom stereocenters. The highest BCUT2D eigenvalue weighted by Crippen LogP contribution is 2.21. The van der Waals surface area contributed by atoms with Crippen molar-refractivity contribution in [2.75, 3.05) is 6.61 Å². The number of carbonyl (C=O) groups excluding carboxylic acids is 1. The zero-order valence-electron chi connectivity index (χ0n) is 10.8. The molecule has 1 N–H and O–H groups in total. The van der Waals surface area contributed by atoms with E-state index in [0.717, 1.165) is 5.56 Å². The molecule has 0 radical (unpaired) electrons. The molecule has 0 aliphatic carbocycles. The lowest BCUT2D eigenvalue weighted by Crippen LogP contribution is -2.24. The Labute approximate surface area is 121 Å². The maximum atomic E-state index is 11.5. The number of furan rings is 1. The van der Waals surface area contributed by atoms with Gasteiger partial charge in [0.1, 0.15) is 11.5 Å². The van der Waals surface area contributed by atoms with Crippen molar-refractivity contribution in [2.24, 2.45) is 5.10 Å². The summed E-state index contributed by atoms with van der Waals surface area (Å²) < 4.78 is 10.4. The highest BCUT2D eigenvalue weighted by molar-refractivity contribution is 6.30. The van der Waals surface area contributed by atoms with Gasteiger partial charge in [0.05, 0.1) is 12.5 Å². The topological polar surface area (TPSA) is 63.8 Å². The van der Waals surface area contributed by atoms with Crippen molar-refractivity contribution >= 4 is 23.7 Å². The summed E-state index contributed by atoms with van der Waals surface area (Å²) in [6.45, 7) is 1.73. The van der Waals surface area contributed by atoms with Gasteiger partial charge in [-0.2, -0.15) is 5.10 Å². The van der Waals surface area contributed by atoms with Gasteiger partial charge in [-0.15, -0.1) is 0 Å². The van der Waals surface area contributed by atoms with Crippen LogP contribution in [0, 0.1) is 6.92 Å². The molecule has 1 amide bonds. The molecule has 5 nitrogen and oxygen atoms in total. The van der Waals surface area contributed by atoms with Crippen LogP contribution in [0.2, 0.25) is 5.02 Å². The molecule has 0 unspecified atom stereocenters. The molecule has 0 aliphatic rings. The normalized spacial score (nSPS) is 10.7. The van der Waals surface area contributed by atoms with Gasteiger partial charge in [0.25, 0.3) is 5.91 Å². The van der Waals surface area contributed by atoms with Gasteiger partial charge >= 0.3 is 0 Å². The summed E-state index contributed by atoms with van der Waals surface area (Å²) in [5, 5.41) is 4.37. The SMILES string of the molecule is Cc1cc(Cl)ccc1OCC(=O)NN=Cc1ccco1. The largest absolute Gasteiger partial charge is 0.483 e. The summed E-state index contributed by atoms with van der Waals surface area (Å²) in [7, 11) is 0. The number of benzene rings is 1. The van der Waals surface area contributed by atoms with Gasteiger partial charge in [0.2, 0.25) is 0 Å². The number of amides is 1. The lowest BCUT2D eigenvalue weighted by molar-refractivity contribution is -0.123. The summed E-state index contributed by atoms with van der Waals surface area (Å²) in [5.41, 5.74) is 3.21. The van der Waals surface area contributed by atoms with E-state index in [1.165, 1.54) is 12.5 Å². The third kappa shape index (κ3) is 4.13. The van der Waals surface area contributed by atoms with Crippen molar-refractivity contribution in [3.63, 3.8) is 0 Å². The molecule has 0 spiro atoms. The second-order valence-electron chi connectivity index (χ2n) is 4.01. The van der Waals surface area contributed by atoms with Crippen LogP contribution >= 0.6 is 11.6 Å². The molecular formula is C14H13ClN2O3. The first kappa shape index (κ1) is 14.1. The van der Waals surface area contributed by atoms with Gasteiger partial charge in [-0.1, -0.05) is 11.6 Å². The van der Waals surface area contributed by atoms with E-state index in [1.54, 1.807) is 30.3 Å². The molecule has 0 saturated carbocycles. The van der Waals surface area contributed by atoms with E-state index in [-0.39, 0.29) is 12.5 Å². The molecule has 2 aromatic rings. The van der Waals surface area contributed by atoms with E-state index >= 15 is 0 Å². The number of hydrogen-bond acceptors (Lipinski definition) is 4. The number of nitrogens with zero attached hydrogens (tertiary/aromatic N) is 1. The van der Waals surface area contributed by atoms with Crippen LogP contribution < -0.4 is 10.2 Å². The van der Waals surface area contributed by atoms with Crippen LogP contribution in [0.4, 0.5) is 0 Å². The van der Waals surface area contributed by atoms with E-state index in [9.17, 15) is 4.79 Å². The number of ether oxygens (including phenoxy) is 1.